The van der Waals surface area contributed by atoms with E-state index in [4.69, 9.17) is 4.74 Å². The summed E-state index contributed by atoms with van der Waals surface area (Å²) in [6.07, 6.45) is 6.03. The number of aromatic nitrogens is 2. The lowest BCUT2D eigenvalue weighted by atomic mass is 10.00. The Hall–Kier alpha value is -1.58. The van der Waals surface area contributed by atoms with Crippen LogP contribution in [0.25, 0.3) is 0 Å². The minimum Gasteiger partial charge on any atom is -0.374 e. The summed E-state index contributed by atoms with van der Waals surface area (Å²) < 4.78 is 30.6. The molecule has 2 aliphatic rings. The molecule has 3 rings (SSSR count). The third-order valence-electron chi connectivity index (χ3n) is 4.06. The molecule has 0 radical (unpaired) electrons. The summed E-state index contributed by atoms with van der Waals surface area (Å²) in [5, 5.41) is 0. The molecule has 8 nitrogen and oxygen atoms in total. The van der Waals surface area contributed by atoms with Gasteiger partial charge in [-0.15, -0.1) is 0 Å². The SMILES string of the molecule is CS(=O)(=O)N1CC[C@@H]2OCCN(C(=O)c3cnccn3)[C@H]2C1. The summed E-state index contributed by atoms with van der Waals surface area (Å²) in [7, 11) is -3.28. The van der Waals surface area contributed by atoms with Crippen molar-refractivity contribution < 1.29 is 17.9 Å². The number of rotatable bonds is 2. The van der Waals surface area contributed by atoms with E-state index < -0.39 is 10.0 Å². The fourth-order valence-electron chi connectivity index (χ4n) is 2.95. The first-order valence-electron chi connectivity index (χ1n) is 7.10. The van der Waals surface area contributed by atoms with Gasteiger partial charge in [-0.2, -0.15) is 4.31 Å². The predicted octanol–water partition coefficient (Wildman–Crippen LogP) is -0.648. The Morgan fingerprint density at radius 3 is 2.86 bits per heavy atom. The molecular formula is C13H18N4O4S. The normalized spacial score (nSPS) is 26.5. The molecule has 0 N–H and O–H groups in total. The summed E-state index contributed by atoms with van der Waals surface area (Å²) >= 11 is 0. The highest BCUT2D eigenvalue weighted by molar-refractivity contribution is 7.88. The second kappa shape index (κ2) is 5.90. The maximum atomic E-state index is 12.6. The molecule has 0 saturated carbocycles. The third-order valence-corrected chi connectivity index (χ3v) is 5.33. The zero-order valence-electron chi connectivity index (χ0n) is 12.3. The largest absolute Gasteiger partial charge is 0.374 e. The molecule has 3 heterocycles. The molecule has 0 spiro atoms. The summed E-state index contributed by atoms with van der Waals surface area (Å²) in [5.74, 6) is -0.234. The van der Waals surface area contributed by atoms with Crippen molar-refractivity contribution in [1.82, 2.24) is 19.2 Å². The van der Waals surface area contributed by atoms with Crippen LogP contribution < -0.4 is 0 Å². The van der Waals surface area contributed by atoms with Crippen molar-refractivity contribution in [2.75, 3.05) is 32.5 Å². The third kappa shape index (κ3) is 2.96. The van der Waals surface area contributed by atoms with Crippen molar-refractivity contribution in [3.63, 3.8) is 0 Å². The fraction of sp³-hybridized carbons (Fsp3) is 0.615. The Balaban J connectivity index is 1.83. The van der Waals surface area contributed by atoms with E-state index in [9.17, 15) is 13.2 Å². The van der Waals surface area contributed by atoms with Gasteiger partial charge in [-0.1, -0.05) is 0 Å². The maximum Gasteiger partial charge on any atom is 0.274 e. The smallest absolute Gasteiger partial charge is 0.274 e. The van der Waals surface area contributed by atoms with E-state index in [2.05, 4.69) is 9.97 Å². The zero-order valence-corrected chi connectivity index (χ0v) is 13.1. The van der Waals surface area contributed by atoms with Crippen LogP contribution in [-0.2, 0) is 14.8 Å². The van der Waals surface area contributed by atoms with Crippen LogP contribution in [0.2, 0.25) is 0 Å². The Morgan fingerprint density at radius 2 is 2.18 bits per heavy atom. The molecule has 1 aromatic heterocycles. The molecule has 2 saturated heterocycles. The molecule has 0 aromatic carbocycles. The standard InChI is InChI=1S/C13H18N4O4S/c1-22(19,20)16-5-2-12-11(9-16)17(6-7-21-12)13(18)10-8-14-3-4-15-10/h3-4,8,11-12H,2,5-7,9H2,1H3/t11-,12-/m0/s1. The topological polar surface area (TPSA) is 92.7 Å². The van der Waals surface area contributed by atoms with Gasteiger partial charge < -0.3 is 9.64 Å². The minimum atomic E-state index is -3.28. The van der Waals surface area contributed by atoms with E-state index in [0.717, 1.165) is 0 Å². The molecule has 2 atom stereocenters. The van der Waals surface area contributed by atoms with Gasteiger partial charge in [-0.3, -0.25) is 9.78 Å². The Morgan fingerprint density at radius 1 is 1.36 bits per heavy atom. The zero-order chi connectivity index (χ0) is 15.7. The van der Waals surface area contributed by atoms with Crippen LogP contribution in [0.5, 0.6) is 0 Å². The molecule has 1 amide bonds. The van der Waals surface area contributed by atoms with E-state index in [1.807, 2.05) is 0 Å². The summed E-state index contributed by atoms with van der Waals surface area (Å²) in [4.78, 5) is 22.2. The Bertz CT molecular complexity index is 651. The Kier molecular flexibility index (Phi) is 4.11. The van der Waals surface area contributed by atoms with Crippen molar-refractivity contribution >= 4 is 15.9 Å². The van der Waals surface area contributed by atoms with Crippen LogP contribution >= 0.6 is 0 Å². The molecule has 1 aromatic rings. The second-order valence-electron chi connectivity index (χ2n) is 5.48. The first kappa shape index (κ1) is 15.3. The van der Waals surface area contributed by atoms with Gasteiger partial charge in [0, 0.05) is 32.0 Å². The van der Waals surface area contributed by atoms with Gasteiger partial charge in [-0.05, 0) is 6.42 Å². The van der Waals surface area contributed by atoms with E-state index in [1.165, 1.54) is 29.2 Å². The van der Waals surface area contributed by atoms with Gasteiger partial charge in [0.15, 0.2) is 0 Å². The van der Waals surface area contributed by atoms with E-state index in [0.29, 0.717) is 26.1 Å². The summed E-state index contributed by atoms with van der Waals surface area (Å²) in [6.45, 7) is 1.56. The maximum absolute atomic E-state index is 12.6. The predicted molar refractivity (Wildman–Crippen MR) is 77.6 cm³/mol. The van der Waals surface area contributed by atoms with Crippen LogP contribution in [0.3, 0.4) is 0 Å². The Labute approximate surface area is 129 Å². The van der Waals surface area contributed by atoms with Crippen molar-refractivity contribution in [3.8, 4) is 0 Å². The number of nitrogens with zero attached hydrogens (tertiary/aromatic N) is 4. The minimum absolute atomic E-state index is 0.132. The van der Waals surface area contributed by atoms with Crippen molar-refractivity contribution in [1.29, 1.82) is 0 Å². The fourth-order valence-corrected chi connectivity index (χ4v) is 3.81. The second-order valence-corrected chi connectivity index (χ2v) is 7.46. The molecule has 0 bridgehead atoms. The van der Waals surface area contributed by atoms with Crippen molar-refractivity contribution in [2.45, 2.75) is 18.6 Å². The summed E-state index contributed by atoms with van der Waals surface area (Å²) in [6, 6.07) is -0.285. The average molecular weight is 326 g/mol. The lowest BCUT2D eigenvalue weighted by molar-refractivity contribution is -0.0803. The lowest BCUT2D eigenvalue weighted by Crippen LogP contribution is -2.62. The van der Waals surface area contributed by atoms with Crippen LogP contribution in [-0.4, -0.2) is 78.1 Å². The monoisotopic (exact) mass is 326 g/mol. The molecule has 2 aliphatic heterocycles. The lowest BCUT2D eigenvalue weighted by Gasteiger charge is -2.46. The molecule has 120 valence electrons. The number of carbonyl (C=O) groups excluding carboxylic acids is 1. The van der Waals surface area contributed by atoms with Crippen LogP contribution in [0.15, 0.2) is 18.6 Å². The van der Waals surface area contributed by atoms with E-state index in [-0.39, 0.29) is 30.3 Å². The number of morpholine rings is 1. The van der Waals surface area contributed by atoms with Crippen LogP contribution in [0.4, 0.5) is 0 Å². The number of hydrogen-bond acceptors (Lipinski definition) is 6. The number of hydrogen-bond donors (Lipinski definition) is 0. The number of amides is 1. The highest BCUT2D eigenvalue weighted by Crippen LogP contribution is 2.25. The molecular weight excluding hydrogens is 308 g/mol. The van der Waals surface area contributed by atoms with Crippen LogP contribution in [0, 0.1) is 0 Å². The molecule has 22 heavy (non-hydrogen) atoms. The van der Waals surface area contributed by atoms with Gasteiger partial charge in [0.2, 0.25) is 10.0 Å². The van der Waals surface area contributed by atoms with E-state index >= 15 is 0 Å². The van der Waals surface area contributed by atoms with Gasteiger partial charge >= 0.3 is 0 Å². The van der Waals surface area contributed by atoms with Gasteiger partial charge in [0.1, 0.15) is 5.69 Å². The molecule has 0 aliphatic carbocycles. The van der Waals surface area contributed by atoms with Crippen molar-refractivity contribution in [2.24, 2.45) is 0 Å². The quantitative estimate of drug-likeness (QED) is 0.717. The highest BCUT2D eigenvalue weighted by Gasteiger charge is 2.41. The molecule has 9 heteroatoms. The molecule has 2 fully saturated rings. The van der Waals surface area contributed by atoms with Gasteiger partial charge in [-0.25, -0.2) is 13.4 Å². The number of carbonyl (C=O) groups is 1. The highest BCUT2D eigenvalue weighted by atomic mass is 32.2. The summed E-state index contributed by atoms with van der Waals surface area (Å²) in [5.41, 5.74) is 0.264. The van der Waals surface area contributed by atoms with Gasteiger partial charge in [0.25, 0.3) is 5.91 Å². The number of ether oxygens (including phenoxy) is 1. The average Bonchev–Trinajstić information content (AvgIpc) is 2.53. The first-order valence-corrected chi connectivity index (χ1v) is 8.95. The number of fused-ring (bicyclic) bond motifs is 1. The van der Waals surface area contributed by atoms with Crippen LogP contribution in [0.1, 0.15) is 16.9 Å². The number of piperidine rings is 1. The molecule has 0 unspecified atom stereocenters. The first-order chi connectivity index (χ1) is 10.5. The number of sulfonamides is 1. The van der Waals surface area contributed by atoms with E-state index in [1.54, 1.807) is 4.90 Å². The van der Waals surface area contributed by atoms with Crippen molar-refractivity contribution in [3.05, 3.63) is 24.3 Å². The van der Waals surface area contributed by atoms with Gasteiger partial charge in [0.05, 0.1) is 31.2 Å².